The lowest BCUT2D eigenvalue weighted by Crippen LogP contribution is -1.99. The third kappa shape index (κ3) is 2.53. The number of aromatic nitrogens is 4. The summed E-state index contributed by atoms with van der Waals surface area (Å²) in [6, 6.07) is 3.42. The van der Waals surface area contributed by atoms with Crippen molar-refractivity contribution >= 4 is 23.5 Å². The SMILES string of the molecule is Nc1cc(Sc2ccncn2)nc(N)n1. The normalized spacial score (nSPS) is 10.1. The van der Waals surface area contributed by atoms with Crippen molar-refractivity contribution in [2.24, 2.45) is 0 Å². The van der Waals surface area contributed by atoms with Gasteiger partial charge in [-0.05, 0) is 17.8 Å². The van der Waals surface area contributed by atoms with Crippen LogP contribution in [0.5, 0.6) is 0 Å². The van der Waals surface area contributed by atoms with Crippen LogP contribution in [0.3, 0.4) is 0 Å². The summed E-state index contributed by atoms with van der Waals surface area (Å²) in [7, 11) is 0. The largest absolute Gasteiger partial charge is 0.383 e. The minimum atomic E-state index is 0.159. The van der Waals surface area contributed by atoms with Crippen molar-refractivity contribution in [1.82, 2.24) is 19.9 Å². The van der Waals surface area contributed by atoms with Gasteiger partial charge in [-0.1, -0.05) is 0 Å². The Labute approximate surface area is 90.2 Å². The Bertz CT molecular complexity index is 440. The first-order valence-corrected chi connectivity index (χ1v) is 4.89. The van der Waals surface area contributed by atoms with Crippen LogP contribution in [-0.4, -0.2) is 19.9 Å². The van der Waals surface area contributed by atoms with Gasteiger partial charge in [0.25, 0.3) is 0 Å². The van der Waals surface area contributed by atoms with E-state index in [1.165, 1.54) is 18.1 Å². The van der Waals surface area contributed by atoms with Gasteiger partial charge in [-0.3, -0.25) is 0 Å². The third-order valence-electron chi connectivity index (χ3n) is 1.50. The highest BCUT2D eigenvalue weighted by molar-refractivity contribution is 7.99. The lowest BCUT2D eigenvalue weighted by Gasteiger charge is -2.01. The molecule has 0 fully saturated rings. The van der Waals surface area contributed by atoms with Gasteiger partial charge in [0.05, 0.1) is 0 Å². The van der Waals surface area contributed by atoms with Gasteiger partial charge in [-0.2, -0.15) is 4.98 Å². The van der Waals surface area contributed by atoms with Gasteiger partial charge < -0.3 is 11.5 Å². The van der Waals surface area contributed by atoms with Crippen LogP contribution in [0.2, 0.25) is 0 Å². The fourth-order valence-electron chi connectivity index (χ4n) is 0.960. The molecule has 0 bridgehead atoms. The molecule has 7 heteroatoms. The van der Waals surface area contributed by atoms with Crippen molar-refractivity contribution in [3.63, 3.8) is 0 Å². The molecule has 76 valence electrons. The first-order chi connectivity index (χ1) is 7.24. The molecule has 2 rings (SSSR count). The molecule has 0 atom stereocenters. The lowest BCUT2D eigenvalue weighted by atomic mass is 10.6. The Hall–Kier alpha value is -1.89. The van der Waals surface area contributed by atoms with Gasteiger partial charge in [-0.25, -0.2) is 15.0 Å². The van der Waals surface area contributed by atoms with Gasteiger partial charge in [0.2, 0.25) is 5.95 Å². The Balaban J connectivity index is 2.25. The summed E-state index contributed by atoms with van der Waals surface area (Å²) in [6.07, 6.45) is 3.12. The minimum Gasteiger partial charge on any atom is -0.383 e. The van der Waals surface area contributed by atoms with Gasteiger partial charge in [-0.15, -0.1) is 0 Å². The molecule has 0 aliphatic heterocycles. The van der Waals surface area contributed by atoms with Crippen molar-refractivity contribution in [3.05, 3.63) is 24.7 Å². The second kappa shape index (κ2) is 4.09. The topological polar surface area (TPSA) is 104 Å². The first kappa shape index (κ1) is 9.66. The summed E-state index contributed by atoms with van der Waals surface area (Å²) in [5.74, 6) is 0.505. The number of rotatable bonds is 2. The van der Waals surface area contributed by atoms with Gasteiger partial charge in [0.1, 0.15) is 22.2 Å². The van der Waals surface area contributed by atoms with Crippen LogP contribution in [0.25, 0.3) is 0 Å². The van der Waals surface area contributed by atoms with Crippen LogP contribution in [0, 0.1) is 0 Å². The zero-order valence-electron chi connectivity index (χ0n) is 7.66. The maximum Gasteiger partial charge on any atom is 0.223 e. The maximum absolute atomic E-state index is 5.54. The average Bonchev–Trinajstić information content (AvgIpc) is 2.17. The predicted molar refractivity (Wildman–Crippen MR) is 57.0 cm³/mol. The summed E-state index contributed by atoms with van der Waals surface area (Å²) in [5, 5.41) is 1.45. The maximum atomic E-state index is 5.54. The molecule has 0 saturated carbocycles. The molecular weight excluding hydrogens is 212 g/mol. The van der Waals surface area contributed by atoms with Crippen LogP contribution < -0.4 is 11.5 Å². The number of anilines is 2. The molecule has 4 N–H and O–H groups in total. The summed E-state index contributed by atoms with van der Waals surface area (Å²) >= 11 is 1.35. The van der Waals surface area contributed by atoms with Crippen molar-refractivity contribution in [3.8, 4) is 0 Å². The second-order valence-corrected chi connectivity index (χ2v) is 3.68. The van der Waals surface area contributed by atoms with Crippen LogP contribution in [0.15, 0.2) is 34.7 Å². The number of nitrogen functional groups attached to an aromatic ring is 2. The molecule has 0 unspecified atom stereocenters. The highest BCUT2D eigenvalue weighted by Gasteiger charge is 2.02. The quantitative estimate of drug-likeness (QED) is 0.713. The van der Waals surface area contributed by atoms with Crippen molar-refractivity contribution in [2.45, 2.75) is 10.1 Å². The van der Waals surface area contributed by atoms with E-state index in [-0.39, 0.29) is 5.95 Å². The molecule has 0 spiro atoms. The van der Waals surface area contributed by atoms with Crippen molar-refractivity contribution < 1.29 is 0 Å². The van der Waals surface area contributed by atoms with E-state index in [1.54, 1.807) is 18.3 Å². The zero-order chi connectivity index (χ0) is 10.7. The van der Waals surface area contributed by atoms with E-state index in [9.17, 15) is 0 Å². The fraction of sp³-hybridized carbons (Fsp3) is 0. The number of nitrogens with two attached hydrogens (primary N) is 2. The van der Waals surface area contributed by atoms with E-state index in [4.69, 9.17) is 11.5 Å². The Morgan fingerprint density at radius 1 is 1.13 bits per heavy atom. The molecule has 0 aliphatic rings. The zero-order valence-corrected chi connectivity index (χ0v) is 8.48. The number of hydrogen-bond donors (Lipinski definition) is 2. The standard InChI is InChI=1S/C8H8N6S/c9-5-3-7(14-8(10)13-5)15-6-1-2-11-4-12-6/h1-4H,(H4,9,10,13,14). The smallest absolute Gasteiger partial charge is 0.223 e. The van der Waals surface area contributed by atoms with Crippen molar-refractivity contribution in [1.29, 1.82) is 0 Å². The van der Waals surface area contributed by atoms with Gasteiger partial charge in [0.15, 0.2) is 0 Å². The van der Waals surface area contributed by atoms with Gasteiger partial charge in [0, 0.05) is 12.3 Å². The molecule has 2 aromatic heterocycles. The van der Waals surface area contributed by atoms with Crippen molar-refractivity contribution in [2.75, 3.05) is 11.5 Å². The molecule has 2 heterocycles. The summed E-state index contributed by atoms with van der Waals surface area (Å²) in [4.78, 5) is 15.7. The van der Waals surface area contributed by atoms with E-state index >= 15 is 0 Å². The Morgan fingerprint density at radius 3 is 2.67 bits per heavy atom. The van der Waals surface area contributed by atoms with E-state index in [0.717, 1.165) is 5.03 Å². The first-order valence-electron chi connectivity index (χ1n) is 4.08. The highest BCUT2D eigenvalue weighted by Crippen LogP contribution is 2.24. The predicted octanol–water partition coefficient (Wildman–Crippen LogP) is 0.582. The monoisotopic (exact) mass is 220 g/mol. The van der Waals surface area contributed by atoms with E-state index < -0.39 is 0 Å². The fourth-order valence-corrected chi connectivity index (χ4v) is 1.72. The Morgan fingerprint density at radius 2 is 2.00 bits per heavy atom. The molecule has 0 aromatic carbocycles. The molecule has 0 radical (unpaired) electrons. The number of hydrogen-bond acceptors (Lipinski definition) is 7. The molecule has 2 aromatic rings. The second-order valence-electron chi connectivity index (χ2n) is 2.64. The molecular formula is C8H8N6S. The highest BCUT2D eigenvalue weighted by atomic mass is 32.2. The number of nitrogens with zero attached hydrogens (tertiary/aromatic N) is 4. The van der Waals surface area contributed by atoms with E-state index in [2.05, 4.69) is 19.9 Å². The molecule has 0 aliphatic carbocycles. The molecule has 0 saturated heterocycles. The van der Waals surface area contributed by atoms with Crippen LogP contribution >= 0.6 is 11.8 Å². The summed E-state index contributed by atoms with van der Waals surface area (Å²) in [5.41, 5.74) is 11.0. The van der Waals surface area contributed by atoms with E-state index in [1.807, 2.05) is 0 Å². The minimum absolute atomic E-state index is 0.159. The summed E-state index contributed by atoms with van der Waals surface area (Å²) < 4.78 is 0. The summed E-state index contributed by atoms with van der Waals surface area (Å²) in [6.45, 7) is 0. The lowest BCUT2D eigenvalue weighted by molar-refractivity contribution is 1.03. The molecule has 0 amide bonds. The van der Waals surface area contributed by atoms with Gasteiger partial charge >= 0.3 is 0 Å². The molecule has 6 nitrogen and oxygen atoms in total. The Kier molecular flexibility index (Phi) is 2.64. The van der Waals surface area contributed by atoms with E-state index in [0.29, 0.717) is 10.8 Å². The average molecular weight is 220 g/mol. The van der Waals surface area contributed by atoms with Crippen LogP contribution in [0.1, 0.15) is 0 Å². The van der Waals surface area contributed by atoms with Crippen LogP contribution in [0.4, 0.5) is 11.8 Å². The molecule has 15 heavy (non-hydrogen) atoms. The van der Waals surface area contributed by atoms with Crippen LogP contribution in [-0.2, 0) is 0 Å². The third-order valence-corrected chi connectivity index (χ3v) is 2.37.